The Morgan fingerprint density at radius 2 is 2.06 bits per heavy atom. The van der Waals surface area contributed by atoms with E-state index < -0.39 is 5.25 Å². The number of carbonyl (C=O) groups excluding carboxylic acids is 3. The van der Waals surface area contributed by atoms with Crippen molar-refractivity contribution in [1.82, 2.24) is 4.90 Å². The molecule has 4 nitrogen and oxygen atoms in total. The SMILES string of the molecule is [B]C(=O)CCCCCN1C(=O)CC(S)C1=O. The predicted octanol–water partition coefficient (Wildman–Crippen LogP) is 0.299. The van der Waals surface area contributed by atoms with E-state index in [1.165, 1.54) is 4.90 Å². The van der Waals surface area contributed by atoms with E-state index in [0.717, 1.165) is 6.42 Å². The van der Waals surface area contributed by atoms with Crippen molar-refractivity contribution in [3.8, 4) is 0 Å². The Labute approximate surface area is 102 Å². The Morgan fingerprint density at radius 1 is 1.38 bits per heavy atom. The number of hydrogen-bond acceptors (Lipinski definition) is 4. The molecule has 2 amide bonds. The molecule has 0 bridgehead atoms. The molecular weight excluding hydrogens is 225 g/mol. The van der Waals surface area contributed by atoms with Crippen molar-refractivity contribution in [3.05, 3.63) is 0 Å². The molecule has 1 atom stereocenters. The van der Waals surface area contributed by atoms with Gasteiger partial charge in [0, 0.05) is 13.0 Å². The molecule has 1 aliphatic heterocycles. The lowest BCUT2D eigenvalue weighted by Gasteiger charge is -2.13. The van der Waals surface area contributed by atoms with Gasteiger partial charge in [-0.3, -0.25) is 14.5 Å². The van der Waals surface area contributed by atoms with Crippen molar-refractivity contribution in [1.29, 1.82) is 0 Å². The standard InChI is InChI=1S/C10H14BNO3S/c11-8(13)4-2-1-3-5-12-9(14)6-7(16)10(12)15/h7,16H,1-6H2. The third-order valence-electron chi connectivity index (χ3n) is 2.53. The van der Waals surface area contributed by atoms with Gasteiger partial charge in [0.05, 0.1) is 10.9 Å². The van der Waals surface area contributed by atoms with Crippen LogP contribution in [0, 0.1) is 0 Å². The molecule has 0 N–H and O–H groups in total. The molecule has 1 aliphatic rings. The summed E-state index contributed by atoms with van der Waals surface area (Å²) in [5.41, 5.74) is -0.316. The minimum Gasteiger partial charge on any atom is -0.313 e. The highest BCUT2D eigenvalue weighted by Gasteiger charge is 2.35. The van der Waals surface area contributed by atoms with Crippen molar-refractivity contribution in [3.63, 3.8) is 0 Å². The van der Waals surface area contributed by atoms with E-state index in [1.807, 2.05) is 0 Å². The van der Waals surface area contributed by atoms with Gasteiger partial charge in [0.25, 0.3) is 0 Å². The molecule has 0 aromatic rings. The molecule has 0 saturated carbocycles. The summed E-state index contributed by atoms with van der Waals surface area (Å²) in [7, 11) is 4.99. The molecule has 6 heteroatoms. The maximum atomic E-state index is 11.4. The fourth-order valence-corrected chi connectivity index (χ4v) is 1.94. The molecule has 1 heterocycles. The second-order valence-electron chi connectivity index (χ2n) is 3.88. The smallest absolute Gasteiger partial charge is 0.242 e. The van der Waals surface area contributed by atoms with Gasteiger partial charge in [-0.15, -0.1) is 0 Å². The zero-order valence-corrected chi connectivity index (χ0v) is 9.91. The van der Waals surface area contributed by atoms with Crippen LogP contribution in [0.2, 0.25) is 0 Å². The van der Waals surface area contributed by atoms with Crippen LogP contribution >= 0.6 is 12.6 Å². The van der Waals surface area contributed by atoms with E-state index in [1.54, 1.807) is 0 Å². The van der Waals surface area contributed by atoms with Crippen molar-refractivity contribution in [2.24, 2.45) is 0 Å². The second kappa shape index (κ2) is 6.08. The summed E-state index contributed by atoms with van der Waals surface area (Å²) >= 11 is 4.02. The van der Waals surface area contributed by atoms with E-state index in [2.05, 4.69) is 12.6 Å². The van der Waals surface area contributed by atoms with Gasteiger partial charge >= 0.3 is 0 Å². The van der Waals surface area contributed by atoms with E-state index >= 15 is 0 Å². The topological polar surface area (TPSA) is 54.5 Å². The lowest BCUT2D eigenvalue weighted by Crippen LogP contribution is -2.31. The number of nitrogens with zero attached hydrogens (tertiary/aromatic N) is 1. The number of thiol groups is 1. The number of imide groups is 1. The quantitative estimate of drug-likeness (QED) is 0.314. The fourth-order valence-electron chi connectivity index (χ4n) is 1.65. The first-order valence-electron chi connectivity index (χ1n) is 5.33. The first kappa shape index (κ1) is 13.3. The monoisotopic (exact) mass is 239 g/mol. The Kier molecular flexibility index (Phi) is 5.05. The molecule has 1 unspecified atom stereocenters. The van der Waals surface area contributed by atoms with Crippen molar-refractivity contribution in [2.75, 3.05) is 6.54 Å². The first-order chi connectivity index (χ1) is 7.52. The summed E-state index contributed by atoms with van der Waals surface area (Å²) in [6.07, 6.45) is 2.76. The highest BCUT2D eigenvalue weighted by atomic mass is 32.1. The lowest BCUT2D eigenvalue weighted by atomic mass is 9.97. The normalized spacial score (nSPS) is 20.6. The maximum absolute atomic E-state index is 11.4. The third kappa shape index (κ3) is 3.66. The van der Waals surface area contributed by atoms with E-state index in [-0.39, 0.29) is 23.9 Å². The Balaban J connectivity index is 2.20. The zero-order chi connectivity index (χ0) is 12.1. The van der Waals surface area contributed by atoms with Crippen LogP contribution in [-0.4, -0.2) is 42.0 Å². The molecular formula is C10H14BNO3S. The number of hydrogen-bond donors (Lipinski definition) is 1. The molecule has 1 rings (SSSR count). The molecule has 16 heavy (non-hydrogen) atoms. The average molecular weight is 239 g/mol. The Morgan fingerprint density at radius 3 is 2.56 bits per heavy atom. The fraction of sp³-hybridized carbons (Fsp3) is 0.700. The summed E-state index contributed by atoms with van der Waals surface area (Å²) in [5, 5.41) is -0.474. The van der Waals surface area contributed by atoms with Crippen LogP contribution in [0.4, 0.5) is 0 Å². The van der Waals surface area contributed by atoms with E-state index in [9.17, 15) is 14.4 Å². The summed E-state index contributed by atoms with van der Waals surface area (Å²) in [6.45, 7) is 0.424. The number of rotatable bonds is 6. The van der Waals surface area contributed by atoms with Crippen LogP contribution < -0.4 is 0 Å². The lowest BCUT2D eigenvalue weighted by molar-refractivity contribution is -0.138. The minimum atomic E-state index is -0.474. The van der Waals surface area contributed by atoms with Gasteiger partial charge in [-0.05, 0) is 19.3 Å². The van der Waals surface area contributed by atoms with Crippen molar-refractivity contribution in [2.45, 2.75) is 37.4 Å². The number of carbonyl (C=O) groups is 3. The Bertz CT molecular complexity index is 308. The number of unbranched alkanes of at least 4 members (excludes halogenated alkanes) is 2. The second-order valence-corrected chi connectivity index (χ2v) is 4.50. The maximum Gasteiger partial charge on any atom is 0.242 e. The largest absolute Gasteiger partial charge is 0.313 e. The molecule has 1 saturated heterocycles. The number of likely N-dealkylation sites (tertiary alicyclic amines) is 1. The van der Waals surface area contributed by atoms with Gasteiger partial charge in [0.15, 0.2) is 7.85 Å². The van der Waals surface area contributed by atoms with Gasteiger partial charge in [-0.1, -0.05) is 6.42 Å². The molecule has 2 radical (unpaired) electrons. The molecule has 0 aromatic heterocycles. The van der Waals surface area contributed by atoms with Crippen LogP contribution in [0.1, 0.15) is 32.1 Å². The molecule has 0 aromatic carbocycles. The predicted molar refractivity (Wildman–Crippen MR) is 63.3 cm³/mol. The van der Waals surface area contributed by atoms with E-state index in [4.69, 9.17) is 7.85 Å². The highest BCUT2D eigenvalue weighted by molar-refractivity contribution is 7.81. The summed E-state index contributed by atoms with van der Waals surface area (Å²) in [5.74, 6) is -0.358. The highest BCUT2D eigenvalue weighted by Crippen LogP contribution is 2.18. The molecule has 0 spiro atoms. The Hall–Kier alpha value is -0.775. The van der Waals surface area contributed by atoms with Gasteiger partial charge in [-0.25, -0.2) is 0 Å². The van der Waals surface area contributed by atoms with Crippen molar-refractivity contribution < 1.29 is 14.4 Å². The molecule has 1 fully saturated rings. The summed E-state index contributed by atoms with van der Waals surface area (Å²) in [4.78, 5) is 34.5. The van der Waals surface area contributed by atoms with Crippen LogP contribution in [0.5, 0.6) is 0 Å². The minimum absolute atomic E-state index is 0.153. The van der Waals surface area contributed by atoms with E-state index in [0.29, 0.717) is 25.8 Å². The average Bonchev–Trinajstić information content (AvgIpc) is 2.43. The van der Waals surface area contributed by atoms with Crippen LogP contribution in [0.3, 0.4) is 0 Å². The van der Waals surface area contributed by atoms with Crippen LogP contribution in [0.25, 0.3) is 0 Å². The van der Waals surface area contributed by atoms with Gasteiger partial charge in [-0.2, -0.15) is 12.6 Å². The summed E-state index contributed by atoms with van der Waals surface area (Å²) < 4.78 is 0. The molecule has 86 valence electrons. The number of amides is 2. The van der Waals surface area contributed by atoms with Crippen molar-refractivity contribution >= 4 is 38.0 Å². The zero-order valence-electron chi connectivity index (χ0n) is 9.02. The third-order valence-corrected chi connectivity index (χ3v) is 2.93. The van der Waals surface area contributed by atoms with Gasteiger partial charge in [0.1, 0.15) is 0 Å². The van der Waals surface area contributed by atoms with Crippen LogP contribution in [0.15, 0.2) is 0 Å². The van der Waals surface area contributed by atoms with Gasteiger partial charge in [0.2, 0.25) is 11.8 Å². The first-order valence-corrected chi connectivity index (χ1v) is 5.84. The molecule has 0 aliphatic carbocycles. The van der Waals surface area contributed by atoms with Gasteiger partial charge < -0.3 is 4.79 Å². The van der Waals surface area contributed by atoms with Crippen LogP contribution in [-0.2, 0) is 14.4 Å². The summed E-state index contributed by atoms with van der Waals surface area (Å²) in [6, 6.07) is 0.